The predicted molar refractivity (Wildman–Crippen MR) is 112 cm³/mol. The molecule has 2 aromatic rings. The maximum Gasteiger partial charge on any atom is 0.311 e. The van der Waals surface area contributed by atoms with E-state index in [1.807, 2.05) is 32.0 Å². The number of rotatable bonds is 6. The number of ether oxygens (including phenoxy) is 1. The Balaban J connectivity index is 1.55. The summed E-state index contributed by atoms with van der Waals surface area (Å²) in [5.41, 5.74) is 3.75. The van der Waals surface area contributed by atoms with Crippen molar-refractivity contribution in [3.8, 4) is 0 Å². The van der Waals surface area contributed by atoms with Gasteiger partial charge < -0.3 is 15.0 Å². The van der Waals surface area contributed by atoms with Gasteiger partial charge in [0.05, 0.1) is 5.92 Å². The van der Waals surface area contributed by atoms with E-state index in [0.717, 1.165) is 16.8 Å². The molecular formula is C23H24N2O5. The van der Waals surface area contributed by atoms with E-state index in [-0.39, 0.29) is 24.7 Å². The van der Waals surface area contributed by atoms with E-state index >= 15 is 0 Å². The molecule has 7 heteroatoms. The Hall–Kier alpha value is -3.48. The van der Waals surface area contributed by atoms with Crippen LogP contribution in [0.25, 0.3) is 0 Å². The number of nitrogens with one attached hydrogen (secondary N) is 1. The maximum absolute atomic E-state index is 12.4. The molecule has 2 aromatic carbocycles. The molecule has 1 heterocycles. The van der Waals surface area contributed by atoms with E-state index in [2.05, 4.69) is 5.32 Å². The third-order valence-corrected chi connectivity index (χ3v) is 4.87. The van der Waals surface area contributed by atoms with E-state index in [1.54, 1.807) is 29.2 Å². The van der Waals surface area contributed by atoms with Crippen LogP contribution in [0.5, 0.6) is 0 Å². The van der Waals surface area contributed by atoms with Gasteiger partial charge in [-0.2, -0.15) is 0 Å². The Morgan fingerprint density at radius 2 is 1.80 bits per heavy atom. The number of hydrogen-bond donors (Lipinski definition) is 1. The molecule has 2 amide bonds. The molecule has 1 saturated heterocycles. The molecule has 1 fully saturated rings. The fraction of sp³-hybridized carbons (Fsp3) is 0.304. The molecule has 1 N–H and O–H groups in total. The highest BCUT2D eigenvalue weighted by atomic mass is 16.5. The third kappa shape index (κ3) is 5.11. The van der Waals surface area contributed by atoms with Crippen LogP contribution in [-0.4, -0.2) is 36.7 Å². The van der Waals surface area contributed by atoms with Crippen molar-refractivity contribution >= 4 is 34.9 Å². The van der Waals surface area contributed by atoms with Crippen LogP contribution in [-0.2, 0) is 19.1 Å². The lowest BCUT2D eigenvalue weighted by atomic mass is 10.1. The standard InChI is InChI=1S/C23H24N2O5/c1-14-7-15(2)9-20(8-14)25-12-18(11-22(25)28)23(29)30-13-21(27)24-19-6-4-5-17(10-19)16(3)26/h4-10,18H,11-13H2,1-3H3,(H,24,27)/t18-/m0/s1. The molecule has 0 aliphatic carbocycles. The summed E-state index contributed by atoms with van der Waals surface area (Å²) in [6.07, 6.45) is 0.0497. The van der Waals surface area contributed by atoms with E-state index in [1.165, 1.54) is 6.92 Å². The van der Waals surface area contributed by atoms with Crippen molar-refractivity contribution in [3.05, 3.63) is 59.2 Å². The van der Waals surface area contributed by atoms with Crippen molar-refractivity contribution in [1.29, 1.82) is 0 Å². The first kappa shape index (κ1) is 21.2. The summed E-state index contributed by atoms with van der Waals surface area (Å²) in [6.45, 7) is 5.11. The average molecular weight is 408 g/mol. The highest BCUT2D eigenvalue weighted by Gasteiger charge is 2.36. The number of carbonyl (C=O) groups excluding carboxylic acids is 4. The first-order valence-electron chi connectivity index (χ1n) is 9.69. The Morgan fingerprint density at radius 3 is 2.47 bits per heavy atom. The zero-order valence-corrected chi connectivity index (χ0v) is 17.2. The number of benzene rings is 2. The van der Waals surface area contributed by atoms with Gasteiger partial charge in [0.2, 0.25) is 5.91 Å². The molecule has 0 spiro atoms. The molecule has 30 heavy (non-hydrogen) atoms. The molecule has 0 aromatic heterocycles. The van der Waals surface area contributed by atoms with Gasteiger partial charge in [-0.1, -0.05) is 18.2 Å². The van der Waals surface area contributed by atoms with Gasteiger partial charge in [0.1, 0.15) is 0 Å². The van der Waals surface area contributed by atoms with E-state index in [9.17, 15) is 19.2 Å². The van der Waals surface area contributed by atoms with Crippen LogP contribution in [0.3, 0.4) is 0 Å². The average Bonchev–Trinajstić information content (AvgIpc) is 3.07. The quantitative estimate of drug-likeness (QED) is 0.586. The largest absolute Gasteiger partial charge is 0.455 e. The number of nitrogens with zero attached hydrogens (tertiary/aromatic N) is 1. The fourth-order valence-corrected chi connectivity index (χ4v) is 3.49. The number of carbonyl (C=O) groups is 4. The molecule has 0 unspecified atom stereocenters. The summed E-state index contributed by atoms with van der Waals surface area (Å²) in [5, 5.41) is 2.59. The second-order valence-corrected chi connectivity index (χ2v) is 7.54. The van der Waals surface area contributed by atoms with Gasteiger partial charge in [-0.15, -0.1) is 0 Å². The molecule has 156 valence electrons. The van der Waals surface area contributed by atoms with E-state index in [0.29, 0.717) is 11.3 Å². The number of Topliss-reactive ketones (excluding diaryl/α,β-unsaturated/α-hetero) is 1. The van der Waals surface area contributed by atoms with Crippen molar-refractivity contribution in [2.45, 2.75) is 27.2 Å². The number of esters is 1. The van der Waals surface area contributed by atoms with Gasteiger partial charge in [-0.25, -0.2) is 0 Å². The Morgan fingerprint density at radius 1 is 1.10 bits per heavy atom. The SMILES string of the molecule is CC(=O)c1cccc(NC(=O)COC(=O)[C@H]2CC(=O)N(c3cc(C)cc(C)c3)C2)c1. The highest BCUT2D eigenvalue weighted by molar-refractivity contribution is 6.00. The summed E-state index contributed by atoms with van der Waals surface area (Å²) in [7, 11) is 0. The van der Waals surface area contributed by atoms with Gasteiger partial charge in [-0.3, -0.25) is 19.2 Å². The Bertz CT molecular complexity index is 994. The van der Waals surface area contributed by atoms with Crippen molar-refractivity contribution < 1.29 is 23.9 Å². The topological polar surface area (TPSA) is 92.8 Å². The van der Waals surface area contributed by atoms with Crippen molar-refractivity contribution in [3.63, 3.8) is 0 Å². The van der Waals surface area contributed by atoms with Crippen LogP contribution in [0.2, 0.25) is 0 Å². The summed E-state index contributed by atoms with van der Waals surface area (Å²) in [6, 6.07) is 12.3. The smallest absolute Gasteiger partial charge is 0.311 e. The fourth-order valence-electron chi connectivity index (χ4n) is 3.49. The molecular weight excluding hydrogens is 384 g/mol. The normalized spacial score (nSPS) is 15.8. The van der Waals surface area contributed by atoms with Gasteiger partial charge in [-0.05, 0) is 56.2 Å². The van der Waals surface area contributed by atoms with Crippen LogP contribution in [0.4, 0.5) is 11.4 Å². The van der Waals surface area contributed by atoms with Crippen molar-refractivity contribution in [2.75, 3.05) is 23.4 Å². The molecule has 1 aliphatic heterocycles. The minimum atomic E-state index is -0.618. The van der Waals surface area contributed by atoms with Crippen LogP contribution in [0, 0.1) is 19.8 Å². The van der Waals surface area contributed by atoms with Crippen LogP contribution < -0.4 is 10.2 Å². The molecule has 3 rings (SSSR count). The zero-order valence-electron chi connectivity index (χ0n) is 17.2. The number of hydrogen-bond acceptors (Lipinski definition) is 5. The Labute approximate surface area is 175 Å². The first-order valence-corrected chi connectivity index (χ1v) is 9.69. The summed E-state index contributed by atoms with van der Waals surface area (Å²) in [5.74, 6) is -1.97. The Kier molecular flexibility index (Phi) is 6.30. The van der Waals surface area contributed by atoms with Crippen molar-refractivity contribution in [2.24, 2.45) is 5.92 Å². The minimum Gasteiger partial charge on any atom is -0.455 e. The molecule has 1 atom stereocenters. The second kappa shape index (κ2) is 8.90. The molecule has 7 nitrogen and oxygen atoms in total. The number of amides is 2. The predicted octanol–water partition coefficient (Wildman–Crippen LogP) is 3.04. The van der Waals surface area contributed by atoms with Crippen LogP contribution in [0.15, 0.2) is 42.5 Å². The van der Waals surface area contributed by atoms with E-state index < -0.39 is 24.4 Å². The molecule has 0 bridgehead atoms. The van der Waals surface area contributed by atoms with Gasteiger partial charge in [0.25, 0.3) is 5.91 Å². The molecule has 0 saturated carbocycles. The zero-order chi connectivity index (χ0) is 21.8. The lowest BCUT2D eigenvalue weighted by Crippen LogP contribution is -2.28. The first-order chi connectivity index (χ1) is 14.2. The summed E-state index contributed by atoms with van der Waals surface area (Å²) in [4.78, 5) is 49.9. The van der Waals surface area contributed by atoms with Gasteiger partial charge >= 0.3 is 5.97 Å². The minimum absolute atomic E-state index is 0.0497. The molecule has 1 aliphatic rings. The van der Waals surface area contributed by atoms with Gasteiger partial charge in [0, 0.05) is 29.9 Å². The third-order valence-electron chi connectivity index (χ3n) is 4.87. The van der Waals surface area contributed by atoms with Gasteiger partial charge in [0.15, 0.2) is 12.4 Å². The monoisotopic (exact) mass is 408 g/mol. The second-order valence-electron chi connectivity index (χ2n) is 7.54. The summed E-state index contributed by atoms with van der Waals surface area (Å²) >= 11 is 0. The number of ketones is 1. The highest BCUT2D eigenvalue weighted by Crippen LogP contribution is 2.27. The van der Waals surface area contributed by atoms with Crippen molar-refractivity contribution in [1.82, 2.24) is 0 Å². The lowest BCUT2D eigenvalue weighted by Gasteiger charge is -2.18. The maximum atomic E-state index is 12.4. The number of anilines is 2. The van der Waals surface area contributed by atoms with Crippen LogP contribution in [0.1, 0.15) is 34.8 Å². The van der Waals surface area contributed by atoms with Crippen LogP contribution >= 0.6 is 0 Å². The number of aryl methyl sites for hydroxylation is 2. The summed E-state index contributed by atoms with van der Waals surface area (Å²) < 4.78 is 5.12. The lowest BCUT2D eigenvalue weighted by molar-refractivity contribution is -0.151. The molecule has 0 radical (unpaired) electrons. The van der Waals surface area contributed by atoms with E-state index in [4.69, 9.17) is 4.74 Å².